The first-order valence-corrected chi connectivity index (χ1v) is 5.03. The van der Waals surface area contributed by atoms with Crippen LogP contribution in [0.25, 0.3) is 0 Å². The van der Waals surface area contributed by atoms with Gasteiger partial charge >= 0.3 is 5.97 Å². The van der Waals surface area contributed by atoms with E-state index in [2.05, 4.69) is 0 Å². The normalized spacial score (nSPS) is 11.6. The lowest BCUT2D eigenvalue weighted by Gasteiger charge is -2.11. The maximum absolute atomic E-state index is 10.8. The van der Waals surface area contributed by atoms with E-state index in [4.69, 9.17) is 10.4 Å². The second-order valence-corrected chi connectivity index (χ2v) is 3.51. The molecule has 18 heavy (non-hydrogen) atoms. The summed E-state index contributed by atoms with van der Waals surface area (Å²) in [5.41, 5.74) is -0.425. The third-order valence-corrected chi connectivity index (χ3v) is 2.38. The number of carboxylic acids is 1. The van der Waals surface area contributed by atoms with Crippen LogP contribution < -0.4 is 0 Å². The van der Waals surface area contributed by atoms with E-state index in [0.717, 1.165) is 6.07 Å². The molecule has 0 aliphatic heterocycles. The number of carbonyl (C=O) groups is 1. The highest BCUT2D eigenvalue weighted by molar-refractivity contribution is 5.76. The lowest BCUT2D eigenvalue weighted by molar-refractivity contribution is -0.386. The molecule has 0 heterocycles. The number of hydrogen-bond donors (Lipinski definition) is 2. The summed E-state index contributed by atoms with van der Waals surface area (Å²) >= 11 is 0. The van der Waals surface area contributed by atoms with Gasteiger partial charge in [0.2, 0.25) is 0 Å². The fourth-order valence-corrected chi connectivity index (χ4v) is 1.61. The molecule has 1 atom stereocenters. The van der Waals surface area contributed by atoms with Crippen molar-refractivity contribution >= 4 is 11.7 Å². The molecule has 0 fully saturated rings. The molecule has 1 aromatic rings. The number of benzene rings is 1. The van der Waals surface area contributed by atoms with Gasteiger partial charge in [-0.3, -0.25) is 10.1 Å². The van der Waals surface area contributed by atoms with Gasteiger partial charge in [-0.1, -0.05) is 12.1 Å². The topological polar surface area (TPSA) is 124 Å². The molecule has 0 saturated heterocycles. The second-order valence-electron chi connectivity index (χ2n) is 3.51. The predicted octanol–water partition coefficient (Wildman–Crippen LogP) is 1.17. The summed E-state index contributed by atoms with van der Waals surface area (Å²) in [6, 6.07) is 5.84. The molecule has 0 saturated carbocycles. The number of aliphatic carboxylic acids is 1. The number of nitriles is 1. The highest BCUT2D eigenvalue weighted by atomic mass is 16.6. The van der Waals surface area contributed by atoms with Gasteiger partial charge in [0.15, 0.2) is 6.10 Å². The Balaban J connectivity index is 3.34. The minimum atomic E-state index is -1.97. The van der Waals surface area contributed by atoms with Crippen LogP contribution in [0, 0.1) is 21.4 Å². The van der Waals surface area contributed by atoms with Crippen LogP contribution in [0.5, 0.6) is 0 Å². The fourth-order valence-electron chi connectivity index (χ4n) is 1.61. The van der Waals surface area contributed by atoms with Crippen molar-refractivity contribution in [3.63, 3.8) is 0 Å². The second kappa shape index (κ2) is 5.75. The number of hydrogen-bond acceptors (Lipinski definition) is 5. The van der Waals surface area contributed by atoms with E-state index in [1.54, 1.807) is 0 Å². The van der Waals surface area contributed by atoms with Gasteiger partial charge < -0.3 is 10.2 Å². The SMILES string of the molecule is N#CCCc1cccc([N+](=O)[O-])c1C(O)C(=O)O. The minimum absolute atomic E-state index is 0.0838. The molecular formula is C11H10N2O5. The first-order chi connectivity index (χ1) is 8.49. The van der Waals surface area contributed by atoms with E-state index < -0.39 is 22.7 Å². The van der Waals surface area contributed by atoms with Crippen molar-refractivity contribution in [1.82, 2.24) is 0 Å². The molecule has 1 unspecified atom stereocenters. The van der Waals surface area contributed by atoms with E-state index in [9.17, 15) is 20.0 Å². The molecule has 94 valence electrons. The maximum atomic E-state index is 10.8. The summed E-state index contributed by atoms with van der Waals surface area (Å²) in [6.07, 6.45) is -1.74. The van der Waals surface area contributed by atoms with Crippen molar-refractivity contribution in [3.05, 3.63) is 39.4 Å². The van der Waals surface area contributed by atoms with Gasteiger partial charge in [-0.05, 0) is 12.0 Å². The molecule has 0 radical (unpaired) electrons. The zero-order chi connectivity index (χ0) is 13.7. The molecule has 0 bridgehead atoms. The smallest absolute Gasteiger partial charge is 0.337 e. The summed E-state index contributed by atoms with van der Waals surface area (Å²) < 4.78 is 0. The van der Waals surface area contributed by atoms with Crippen LogP contribution in [0.4, 0.5) is 5.69 Å². The molecule has 7 nitrogen and oxygen atoms in total. The van der Waals surface area contributed by atoms with E-state index in [0.29, 0.717) is 5.56 Å². The first-order valence-electron chi connectivity index (χ1n) is 5.03. The molecule has 7 heteroatoms. The van der Waals surface area contributed by atoms with E-state index >= 15 is 0 Å². The van der Waals surface area contributed by atoms with Gasteiger partial charge in [0.05, 0.1) is 16.6 Å². The van der Waals surface area contributed by atoms with E-state index in [1.807, 2.05) is 6.07 Å². The van der Waals surface area contributed by atoms with Gasteiger partial charge in [0.25, 0.3) is 5.69 Å². The molecule has 0 amide bonds. The standard InChI is InChI=1S/C11H10N2O5/c12-6-2-4-7-3-1-5-8(13(17)18)9(7)10(14)11(15)16/h1,3,5,10,14H,2,4H2,(H,15,16). The number of nitro groups is 1. The van der Waals surface area contributed by atoms with Crippen LogP contribution in [-0.4, -0.2) is 21.1 Å². The number of carboxylic acid groups (broad SMARTS) is 1. The molecule has 1 aromatic carbocycles. The van der Waals surface area contributed by atoms with Crippen molar-refractivity contribution in [2.75, 3.05) is 0 Å². The summed E-state index contributed by atoms with van der Waals surface area (Å²) in [5, 5.41) is 37.6. The lowest BCUT2D eigenvalue weighted by atomic mass is 9.97. The van der Waals surface area contributed by atoms with Gasteiger partial charge in [0, 0.05) is 12.5 Å². The molecule has 0 aliphatic rings. The van der Waals surface area contributed by atoms with Crippen LogP contribution in [0.2, 0.25) is 0 Å². The minimum Gasteiger partial charge on any atom is -0.479 e. The van der Waals surface area contributed by atoms with Crippen molar-refractivity contribution in [2.24, 2.45) is 0 Å². The van der Waals surface area contributed by atoms with Crippen LogP contribution >= 0.6 is 0 Å². The summed E-state index contributed by atoms with van der Waals surface area (Å²) in [5.74, 6) is -1.57. The summed E-state index contributed by atoms with van der Waals surface area (Å²) in [4.78, 5) is 20.8. The Kier molecular flexibility index (Phi) is 4.34. The molecule has 0 spiro atoms. The predicted molar refractivity (Wildman–Crippen MR) is 59.6 cm³/mol. The third-order valence-electron chi connectivity index (χ3n) is 2.38. The van der Waals surface area contributed by atoms with Crippen LogP contribution in [0.15, 0.2) is 18.2 Å². The zero-order valence-corrected chi connectivity index (χ0v) is 9.24. The molecule has 1 rings (SSSR count). The lowest BCUT2D eigenvalue weighted by Crippen LogP contribution is -2.15. The van der Waals surface area contributed by atoms with Crippen molar-refractivity contribution in [2.45, 2.75) is 18.9 Å². The quantitative estimate of drug-likeness (QED) is 0.596. The van der Waals surface area contributed by atoms with Gasteiger partial charge in [-0.15, -0.1) is 0 Å². The Hall–Kier alpha value is -2.46. The van der Waals surface area contributed by atoms with Crippen LogP contribution in [-0.2, 0) is 11.2 Å². The Bertz CT molecular complexity index is 521. The Labute approximate surface area is 102 Å². The Morgan fingerprint density at radius 1 is 1.56 bits per heavy atom. The van der Waals surface area contributed by atoms with E-state index in [-0.39, 0.29) is 18.4 Å². The number of aryl methyl sites for hydroxylation is 1. The largest absolute Gasteiger partial charge is 0.479 e. The number of aliphatic hydroxyl groups excluding tert-OH is 1. The van der Waals surface area contributed by atoms with Crippen molar-refractivity contribution < 1.29 is 19.9 Å². The average Bonchev–Trinajstić information content (AvgIpc) is 2.34. The Morgan fingerprint density at radius 2 is 2.22 bits per heavy atom. The monoisotopic (exact) mass is 250 g/mol. The van der Waals surface area contributed by atoms with Crippen molar-refractivity contribution in [1.29, 1.82) is 5.26 Å². The van der Waals surface area contributed by atoms with Crippen LogP contribution in [0.3, 0.4) is 0 Å². The summed E-state index contributed by atoms with van der Waals surface area (Å²) in [6.45, 7) is 0. The molecule has 0 aromatic heterocycles. The van der Waals surface area contributed by atoms with Crippen LogP contribution in [0.1, 0.15) is 23.7 Å². The number of nitro benzene ring substituents is 1. The first kappa shape index (κ1) is 13.6. The number of nitrogens with zero attached hydrogens (tertiary/aromatic N) is 2. The highest BCUT2D eigenvalue weighted by Gasteiger charge is 2.28. The molecular weight excluding hydrogens is 240 g/mol. The average molecular weight is 250 g/mol. The van der Waals surface area contributed by atoms with Gasteiger partial charge in [-0.25, -0.2) is 4.79 Å². The fraction of sp³-hybridized carbons (Fsp3) is 0.273. The van der Waals surface area contributed by atoms with Gasteiger partial charge in [0.1, 0.15) is 0 Å². The maximum Gasteiger partial charge on any atom is 0.337 e. The molecule has 0 aliphatic carbocycles. The Morgan fingerprint density at radius 3 is 2.72 bits per heavy atom. The number of rotatable bonds is 5. The van der Waals surface area contributed by atoms with Crippen molar-refractivity contribution in [3.8, 4) is 6.07 Å². The summed E-state index contributed by atoms with van der Waals surface area (Å²) in [7, 11) is 0. The zero-order valence-electron chi connectivity index (χ0n) is 9.24. The third kappa shape index (κ3) is 2.81. The number of aliphatic hydroxyl groups is 1. The van der Waals surface area contributed by atoms with E-state index in [1.165, 1.54) is 12.1 Å². The highest BCUT2D eigenvalue weighted by Crippen LogP contribution is 2.29. The van der Waals surface area contributed by atoms with Gasteiger partial charge in [-0.2, -0.15) is 5.26 Å². The molecule has 2 N–H and O–H groups in total.